The first kappa shape index (κ1) is 30.3. The fraction of sp³-hybridized carbons (Fsp3) is 0.741. The van der Waals surface area contributed by atoms with Gasteiger partial charge in [-0.2, -0.15) is 0 Å². The molecule has 1 N–H and O–H groups in total. The van der Waals surface area contributed by atoms with E-state index in [9.17, 15) is 14.4 Å². The first-order valence-corrected chi connectivity index (χ1v) is 14.2. The third-order valence-corrected chi connectivity index (χ3v) is 7.42. The van der Waals surface area contributed by atoms with Crippen LogP contribution in [0.4, 0.5) is 10.6 Å². The lowest BCUT2D eigenvalue weighted by molar-refractivity contribution is -0.152. The summed E-state index contributed by atoms with van der Waals surface area (Å²) in [7, 11) is 0. The maximum absolute atomic E-state index is 13.3. The Labute approximate surface area is 234 Å². The number of aryl methyl sites for hydroxylation is 1. The van der Waals surface area contributed by atoms with Crippen molar-refractivity contribution in [1.82, 2.24) is 19.8 Å². The molecule has 212 valence electrons. The molecule has 1 amide bonds. The number of halogens is 1. The number of Topliss-reactive ketones (excluding diaryl/α,β-unsaturated/α-hetero) is 1. The van der Waals surface area contributed by atoms with Gasteiger partial charge in [-0.25, -0.2) is 14.8 Å². The summed E-state index contributed by atoms with van der Waals surface area (Å²) >= 11 is 3.47. The Kier molecular flexibility index (Phi) is 9.45. The lowest BCUT2D eigenvalue weighted by Gasteiger charge is -2.55. The van der Waals surface area contributed by atoms with Crippen molar-refractivity contribution in [3.8, 4) is 0 Å². The van der Waals surface area contributed by atoms with Crippen LogP contribution in [0, 0.1) is 6.92 Å². The number of nitrogens with one attached hydrogen (secondary N) is 1. The van der Waals surface area contributed by atoms with E-state index in [1.165, 1.54) is 0 Å². The van der Waals surface area contributed by atoms with Gasteiger partial charge in [0, 0.05) is 32.0 Å². The molecule has 2 heterocycles. The summed E-state index contributed by atoms with van der Waals surface area (Å²) in [4.78, 5) is 51.8. The average molecular weight is 597 g/mol. The van der Waals surface area contributed by atoms with Crippen LogP contribution in [0.15, 0.2) is 4.60 Å². The Morgan fingerprint density at radius 3 is 2.21 bits per heavy atom. The van der Waals surface area contributed by atoms with Crippen molar-refractivity contribution in [3.63, 3.8) is 0 Å². The van der Waals surface area contributed by atoms with Crippen LogP contribution in [0.1, 0.15) is 79.1 Å². The molecule has 1 aromatic rings. The molecule has 11 heteroatoms. The number of anilines is 1. The molecule has 1 saturated heterocycles. The number of aromatic nitrogens is 2. The highest BCUT2D eigenvalue weighted by Crippen LogP contribution is 2.37. The number of hydrogen-bond acceptors (Lipinski definition) is 9. The molecule has 1 aliphatic heterocycles. The quantitative estimate of drug-likeness (QED) is 0.440. The molecule has 0 bridgehead atoms. The van der Waals surface area contributed by atoms with Crippen LogP contribution in [0.2, 0.25) is 0 Å². The summed E-state index contributed by atoms with van der Waals surface area (Å²) in [6.45, 7) is 15.7. The Morgan fingerprint density at radius 2 is 1.66 bits per heavy atom. The zero-order valence-electron chi connectivity index (χ0n) is 23.9. The van der Waals surface area contributed by atoms with Crippen LogP contribution in [-0.4, -0.2) is 86.6 Å². The van der Waals surface area contributed by atoms with E-state index in [2.05, 4.69) is 31.1 Å². The van der Waals surface area contributed by atoms with Crippen LogP contribution in [-0.2, 0) is 25.5 Å². The van der Waals surface area contributed by atoms with Gasteiger partial charge >= 0.3 is 12.1 Å². The normalized spacial score (nSPS) is 20.7. The fourth-order valence-electron chi connectivity index (χ4n) is 4.89. The van der Waals surface area contributed by atoms with Crippen molar-refractivity contribution in [2.75, 3.05) is 25.0 Å². The number of hydrogen-bond donors (Lipinski definition) is 1. The van der Waals surface area contributed by atoms with E-state index in [0.717, 1.165) is 12.8 Å². The van der Waals surface area contributed by atoms with Crippen LogP contribution in [0.25, 0.3) is 0 Å². The van der Waals surface area contributed by atoms with Gasteiger partial charge in [0.15, 0.2) is 0 Å². The number of carbonyl (C=O) groups excluding carboxylic acids is 3. The molecule has 1 saturated carbocycles. The minimum atomic E-state index is -0.595. The van der Waals surface area contributed by atoms with E-state index in [0.29, 0.717) is 47.7 Å². The number of carbonyl (C=O) groups is 3. The van der Waals surface area contributed by atoms with E-state index in [1.807, 2.05) is 60.3 Å². The summed E-state index contributed by atoms with van der Waals surface area (Å²) in [5, 5.41) is 3.08. The molecule has 0 aromatic carbocycles. The largest absolute Gasteiger partial charge is 0.459 e. The molecular weight excluding hydrogens is 554 g/mol. The second kappa shape index (κ2) is 11.9. The predicted octanol–water partition coefficient (Wildman–Crippen LogP) is 4.28. The Balaban J connectivity index is 1.81. The molecule has 1 unspecified atom stereocenters. The number of piperazine rings is 1. The van der Waals surface area contributed by atoms with Crippen molar-refractivity contribution in [1.29, 1.82) is 0 Å². The van der Waals surface area contributed by atoms with Gasteiger partial charge in [0.25, 0.3) is 0 Å². The first-order chi connectivity index (χ1) is 17.6. The summed E-state index contributed by atoms with van der Waals surface area (Å²) in [5.41, 5.74) is 0.114. The highest BCUT2D eigenvalue weighted by Gasteiger charge is 2.48. The second-order valence-electron chi connectivity index (χ2n) is 12.0. The monoisotopic (exact) mass is 595 g/mol. The maximum atomic E-state index is 13.3. The number of esters is 1. The highest BCUT2D eigenvalue weighted by molar-refractivity contribution is 9.10. The molecule has 10 nitrogen and oxygen atoms in total. The average Bonchev–Trinajstić information content (AvgIpc) is 2.76. The van der Waals surface area contributed by atoms with Crippen LogP contribution in [0.5, 0.6) is 0 Å². The third kappa shape index (κ3) is 7.65. The van der Waals surface area contributed by atoms with Crippen molar-refractivity contribution in [2.24, 2.45) is 0 Å². The van der Waals surface area contributed by atoms with E-state index in [4.69, 9.17) is 14.5 Å². The summed E-state index contributed by atoms with van der Waals surface area (Å²) in [5.74, 6) is 0.170. The summed E-state index contributed by atoms with van der Waals surface area (Å²) < 4.78 is 11.6. The topological polar surface area (TPSA) is 114 Å². The minimum absolute atomic E-state index is 0.0198. The minimum Gasteiger partial charge on any atom is -0.459 e. The molecule has 2 fully saturated rings. The molecule has 3 atom stereocenters. The fourth-order valence-corrected chi connectivity index (χ4v) is 5.19. The molecule has 3 rings (SSSR count). The van der Waals surface area contributed by atoms with Crippen molar-refractivity contribution < 1.29 is 23.9 Å². The maximum Gasteiger partial charge on any atom is 0.410 e. The number of fused-ring (bicyclic) bond motifs is 1. The zero-order chi connectivity index (χ0) is 28.4. The van der Waals surface area contributed by atoms with Gasteiger partial charge in [-0.15, -0.1) is 0 Å². The Bertz CT molecular complexity index is 1050. The number of ether oxygens (including phenoxy) is 2. The summed E-state index contributed by atoms with van der Waals surface area (Å²) in [6.07, 6.45) is 2.21. The molecule has 2 aliphatic rings. The lowest BCUT2D eigenvalue weighted by atomic mass is 9.80. The van der Waals surface area contributed by atoms with Gasteiger partial charge in [-0.1, -0.05) is 6.92 Å². The number of ketones is 1. The van der Waals surface area contributed by atoms with Gasteiger partial charge in [-0.05, 0) is 77.2 Å². The van der Waals surface area contributed by atoms with Crippen molar-refractivity contribution in [2.45, 2.75) is 110 Å². The number of amides is 1. The Hall–Kier alpha value is -2.27. The predicted molar refractivity (Wildman–Crippen MR) is 148 cm³/mol. The zero-order valence-corrected chi connectivity index (χ0v) is 25.5. The van der Waals surface area contributed by atoms with E-state index >= 15 is 0 Å². The SMILES string of the molecule is CCC(=O)C(Cc1nc(Br)c(C)nc1NCC(=O)OC(C)(C)C)N1CCN(C(=O)OC(C)(C)C)[C@H]2CC[C@@H]21. The third-order valence-electron chi connectivity index (χ3n) is 6.67. The molecule has 0 radical (unpaired) electrons. The smallest absolute Gasteiger partial charge is 0.410 e. The second-order valence-corrected chi connectivity index (χ2v) is 12.7. The van der Waals surface area contributed by atoms with Gasteiger partial charge in [-0.3, -0.25) is 14.5 Å². The van der Waals surface area contributed by atoms with Crippen LogP contribution in [0.3, 0.4) is 0 Å². The number of rotatable bonds is 8. The van der Waals surface area contributed by atoms with Crippen molar-refractivity contribution >= 4 is 39.6 Å². The van der Waals surface area contributed by atoms with Gasteiger partial charge < -0.3 is 19.7 Å². The Morgan fingerprint density at radius 1 is 1.03 bits per heavy atom. The van der Waals surface area contributed by atoms with E-state index in [-0.39, 0.29) is 30.5 Å². The van der Waals surface area contributed by atoms with Crippen molar-refractivity contribution in [3.05, 3.63) is 16.0 Å². The number of nitrogens with zero attached hydrogens (tertiary/aromatic N) is 4. The molecular formula is C27H42BrN5O5. The van der Waals surface area contributed by atoms with Gasteiger partial charge in [0.05, 0.1) is 23.5 Å². The molecule has 1 aromatic heterocycles. The van der Waals surface area contributed by atoms with Crippen LogP contribution < -0.4 is 5.32 Å². The molecule has 0 spiro atoms. The molecule has 1 aliphatic carbocycles. The van der Waals surface area contributed by atoms with Gasteiger partial charge in [0.1, 0.15) is 34.0 Å². The lowest BCUT2D eigenvalue weighted by Crippen LogP contribution is -2.69. The molecule has 38 heavy (non-hydrogen) atoms. The van der Waals surface area contributed by atoms with E-state index < -0.39 is 23.2 Å². The standard InChI is InChI=1S/C27H42BrN5O5/c1-9-21(34)20(32-12-13-33(19-11-10-18(19)32)25(36)38-27(6,7)8)14-17-24(30-16(2)23(28)31-17)29-15-22(35)37-26(3,4)5/h18-20H,9-15H2,1-8H3,(H,29,30)/t18-,19-,20?/m0/s1. The van der Waals surface area contributed by atoms with Crippen LogP contribution >= 0.6 is 15.9 Å². The summed E-state index contributed by atoms with van der Waals surface area (Å²) in [6, 6.07) is -0.317. The van der Waals surface area contributed by atoms with Gasteiger partial charge in [0.2, 0.25) is 0 Å². The highest BCUT2D eigenvalue weighted by atomic mass is 79.9. The van der Waals surface area contributed by atoms with E-state index in [1.54, 1.807) is 0 Å². The first-order valence-electron chi connectivity index (χ1n) is 13.4.